The van der Waals surface area contributed by atoms with Gasteiger partial charge in [-0.05, 0) is 61.3 Å². The summed E-state index contributed by atoms with van der Waals surface area (Å²) in [4.78, 5) is 13.9. The fourth-order valence-corrected chi connectivity index (χ4v) is 5.00. The first-order valence-electron chi connectivity index (χ1n) is 9.46. The first-order chi connectivity index (χ1) is 13.2. The van der Waals surface area contributed by atoms with Crippen LogP contribution in [0.5, 0.6) is 5.75 Å². The number of nitrogens with one attached hydrogen (secondary N) is 1. The average molecular weight is 417 g/mol. The van der Waals surface area contributed by atoms with Gasteiger partial charge < -0.3 is 10.1 Å². The number of carbonyl (C=O) groups excluding carboxylic acids is 1. The lowest BCUT2D eigenvalue weighted by atomic mass is 9.72. The van der Waals surface area contributed by atoms with Crippen molar-refractivity contribution in [3.63, 3.8) is 0 Å². The highest BCUT2D eigenvalue weighted by molar-refractivity contribution is 7.16. The molecule has 1 heterocycles. The Morgan fingerprint density at radius 3 is 2.82 bits per heavy atom. The summed E-state index contributed by atoms with van der Waals surface area (Å²) in [6, 6.07) is 9.24. The first kappa shape index (κ1) is 20.7. The molecule has 0 aliphatic heterocycles. The Bertz CT molecular complexity index is 924. The Balaban J connectivity index is 1.75. The fourth-order valence-electron chi connectivity index (χ4n) is 3.54. The number of hydrogen-bond acceptors (Lipinski definition) is 4. The minimum Gasteiger partial charge on any atom is -0.481 e. The van der Waals surface area contributed by atoms with Gasteiger partial charge >= 0.3 is 0 Å². The molecule has 0 fully saturated rings. The summed E-state index contributed by atoms with van der Waals surface area (Å²) in [5.74, 6) is 0.843. The van der Waals surface area contributed by atoms with E-state index in [0.717, 1.165) is 24.8 Å². The molecule has 0 spiro atoms. The highest BCUT2D eigenvalue weighted by Gasteiger charge is 2.32. The molecule has 0 unspecified atom stereocenters. The Hall–Kier alpha value is -2.03. The molecule has 6 heteroatoms. The molecule has 4 nitrogen and oxygen atoms in total. The van der Waals surface area contributed by atoms with Gasteiger partial charge in [-0.15, -0.1) is 11.3 Å². The maximum atomic E-state index is 12.6. The number of carbonyl (C=O) groups is 1. The van der Waals surface area contributed by atoms with E-state index >= 15 is 0 Å². The first-order valence-corrected chi connectivity index (χ1v) is 10.7. The van der Waals surface area contributed by atoms with E-state index in [0.29, 0.717) is 27.3 Å². The van der Waals surface area contributed by atoms with Crippen LogP contribution in [0.3, 0.4) is 0 Å². The Morgan fingerprint density at radius 2 is 2.18 bits per heavy atom. The summed E-state index contributed by atoms with van der Waals surface area (Å²) in [7, 11) is 0. The summed E-state index contributed by atoms with van der Waals surface area (Å²) in [5, 5.41) is 13.8. The van der Waals surface area contributed by atoms with Crippen molar-refractivity contribution in [1.29, 1.82) is 5.26 Å². The van der Waals surface area contributed by atoms with Crippen molar-refractivity contribution in [2.24, 2.45) is 11.3 Å². The third-order valence-electron chi connectivity index (χ3n) is 5.32. The number of rotatable bonds is 4. The van der Waals surface area contributed by atoms with Gasteiger partial charge in [0.15, 0.2) is 6.10 Å². The van der Waals surface area contributed by atoms with Crippen LogP contribution in [0.2, 0.25) is 5.02 Å². The van der Waals surface area contributed by atoms with Crippen molar-refractivity contribution in [3.05, 3.63) is 45.3 Å². The summed E-state index contributed by atoms with van der Waals surface area (Å²) >= 11 is 7.49. The van der Waals surface area contributed by atoms with Crippen molar-refractivity contribution < 1.29 is 9.53 Å². The van der Waals surface area contributed by atoms with Crippen LogP contribution in [0.1, 0.15) is 50.1 Å². The smallest absolute Gasteiger partial charge is 0.265 e. The fraction of sp³-hybridized carbons (Fsp3) is 0.455. The third-order valence-corrected chi connectivity index (χ3v) is 6.72. The predicted molar refractivity (Wildman–Crippen MR) is 114 cm³/mol. The topological polar surface area (TPSA) is 62.1 Å². The number of anilines is 1. The van der Waals surface area contributed by atoms with E-state index in [9.17, 15) is 10.1 Å². The number of fused-ring (bicyclic) bond motifs is 1. The Labute approximate surface area is 175 Å². The monoisotopic (exact) mass is 416 g/mol. The second kappa shape index (κ2) is 8.14. The van der Waals surface area contributed by atoms with Crippen LogP contribution >= 0.6 is 22.9 Å². The number of amides is 1. The predicted octanol–water partition coefficient (Wildman–Crippen LogP) is 5.83. The molecule has 148 valence electrons. The van der Waals surface area contributed by atoms with Crippen molar-refractivity contribution in [3.8, 4) is 11.8 Å². The zero-order chi connectivity index (χ0) is 20.5. The molecule has 2 aromatic rings. The minimum atomic E-state index is -0.702. The van der Waals surface area contributed by atoms with Crippen molar-refractivity contribution in [2.45, 2.75) is 53.1 Å². The number of thiophene rings is 1. The van der Waals surface area contributed by atoms with Gasteiger partial charge in [-0.3, -0.25) is 4.79 Å². The van der Waals surface area contributed by atoms with Crippen LogP contribution < -0.4 is 10.1 Å². The number of halogens is 1. The van der Waals surface area contributed by atoms with E-state index < -0.39 is 6.10 Å². The standard InChI is InChI=1S/C22H25ClN2O2S/c1-13(27-16-7-5-6-15(23)11-16)20(26)25-21-18(12-24)17-9-8-14(22(2,3)4)10-19(17)28-21/h5-7,11,13-14H,8-10H2,1-4H3,(H,25,26)/t13-,14+/m1/s1. The van der Waals surface area contributed by atoms with Crippen molar-refractivity contribution in [2.75, 3.05) is 5.32 Å². The molecule has 28 heavy (non-hydrogen) atoms. The van der Waals surface area contributed by atoms with E-state index in [-0.39, 0.29) is 11.3 Å². The maximum absolute atomic E-state index is 12.6. The summed E-state index contributed by atoms with van der Waals surface area (Å²) in [6.07, 6.45) is 2.22. The minimum absolute atomic E-state index is 0.233. The van der Waals surface area contributed by atoms with Gasteiger partial charge in [-0.25, -0.2) is 0 Å². The van der Waals surface area contributed by atoms with E-state index in [2.05, 4.69) is 32.2 Å². The molecule has 0 bridgehead atoms. The molecule has 1 aliphatic rings. The van der Waals surface area contributed by atoms with Crippen LogP contribution in [-0.4, -0.2) is 12.0 Å². The molecule has 3 rings (SSSR count). The average Bonchev–Trinajstić information content (AvgIpc) is 2.97. The largest absolute Gasteiger partial charge is 0.481 e. The van der Waals surface area contributed by atoms with Crippen molar-refractivity contribution >= 4 is 33.8 Å². The van der Waals surface area contributed by atoms with Crippen molar-refractivity contribution in [1.82, 2.24) is 0 Å². The van der Waals surface area contributed by atoms with Crippen LogP contribution in [0.4, 0.5) is 5.00 Å². The number of hydrogen-bond donors (Lipinski definition) is 1. The van der Waals surface area contributed by atoms with Gasteiger partial charge in [-0.1, -0.05) is 38.4 Å². The molecule has 0 saturated heterocycles. The van der Waals surface area contributed by atoms with E-state index in [1.807, 2.05) is 0 Å². The quantitative estimate of drug-likeness (QED) is 0.681. The van der Waals surface area contributed by atoms with Crippen LogP contribution in [0.25, 0.3) is 0 Å². The highest BCUT2D eigenvalue weighted by atomic mass is 35.5. The number of nitrogens with zero attached hydrogens (tertiary/aromatic N) is 1. The lowest BCUT2D eigenvalue weighted by Crippen LogP contribution is -2.30. The van der Waals surface area contributed by atoms with Gasteiger partial charge in [0, 0.05) is 9.90 Å². The van der Waals surface area contributed by atoms with Crippen LogP contribution in [0, 0.1) is 22.7 Å². The molecule has 1 aromatic carbocycles. The number of nitriles is 1. The Kier molecular flexibility index (Phi) is 6.02. The molecule has 2 atom stereocenters. The highest BCUT2D eigenvalue weighted by Crippen LogP contribution is 2.44. The zero-order valence-electron chi connectivity index (χ0n) is 16.6. The number of ether oxygens (including phenoxy) is 1. The molecular formula is C22H25ClN2O2S. The molecule has 1 amide bonds. The lowest BCUT2D eigenvalue weighted by molar-refractivity contribution is -0.122. The van der Waals surface area contributed by atoms with Gasteiger partial charge in [0.2, 0.25) is 0 Å². The van der Waals surface area contributed by atoms with Gasteiger partial charge in [0.1, 0.15) is 16.8 Å². The molecule has 0 saturated carbocycles. The second-order valence-corrected chi connectivity index (χ2v) is 9.87. The van der Waals surface area contributed by atoms with Gasteiger partial charge in [-0.2, -0.15) is 5.26 Å². The van der Waals surface area contributed by atoms with Crippen LogP contribution in [0.15, 0.2) is 24.3 Å². The van der Waals surface area contributed by atoms with E-state index in [4.69, 9.17) is 16.3 Å². The van der Waals surface area contributed by atoms with E-state index in [1.54, 1.807) is 31.2 Å². The van der Waals surface area contributed by atoms with Gasteiger partial charge in [0.05, 0.1) is 5.56 Å². The van der Waals surface area contributed by atoms with Gasteiger partial charge in [0.25, 0.3) is 5.91 Å². The maximum Gasteiger partial charge on any atom is 0.265 e. The normalized spacial score (nSPS) is 17.4. The number of benzene rings is 1. The lowest BCUT2D eigenvalue weighted by Gasteiger charge is -2.33. The summed E-state index contributed by atoms with van der Waals surface area (Å²) in [6.45, 7) is 8.47. The zero-order valence-corrected chi connectivity index (χ0v) is 18.2. The van der Waals surface area contributed by atoms with Crippen LogP contribution in [-0.2, 0) is 17.6 Å². The van der Waals surface area contributed by atoms with E-state index in [1.165, 1.54) is 16.2 Å². The second-order valence-electron chi connectivity index (χ2n) is 8.33. The molecule has 0 radical (unpaired) electrons. The SMILES string of the molecule is C[C@@H](Oc1cccc(Cl)c1)C(=O)Nc1sc2c(c1C#N)CC[C@H](C(C)(C)C)C2. The third kappa shape index (κ3) is 4.51. The molecule has 1 aliphatic carbocycles. The Morgan fingerprint density at radius 1 is 1.43 bits per heavy atom. The summed E-state index contributed by atoms with van der Waals surface area (Å²) < 4.78 is 5.69. The molecule has 1 N–H and O–H groups in total. The molecular weight excluding hydrogens is 392 g/mol. The summed E-state index contributed by atoms with van der Waals surface area (Å²) in [5.41, 5.74) is 1.94. The molecule has 1 aromatic heterocycles.